The summed E-state index contributed by atoms with van der Waals surface area (Å²) in [4.78, 5) is 22.4. The Morgan fingerprint density at radius 3 is 2.89 bits per heavy atom. The second-order valence-electron chi connectivity index (χ2n) is 3.78. The fourth-order valence-corrected chi connectivity index (χ4v) is 1.53. The number of hydrogen-bond acceptors (Lipinski definition) is 5. The van der Waals surface area contributed by atoms with E-state index < -0.39 is 6.03 Å². The first kappa shape index (κ1) is 13.0. The number of hydrogen-bond donors (Lipinski definition) is 2. The van der Waals surface area contributed by atoms with Gasteiger partial charge in [-0.05, 0) is 12.1 Å². The van der Waals surface area contributed by atoms with Crippen LogP contribution in [0.5, 0.6) is 11.5 Å². The van der Waals surface area contributed by atoms with E-state index in [0.29, 0.717) is 17.2 Å². The minimum Gasteiger partial charge on any atom is -0.469 e. The zero-order valence-corrected chi connectivity index (χ0v) is 10.4. The van der Waals surface area contributed by atoms with Crippen molar-refractivity contribution >= 4 is 17.7 Å². The van der Waals surface area contributed by atoms with Gasteiger partial charge in [-0.2, -0.15) is 0 Å². The number of urea groups is 1. The van der Waals surface area contributed by atoms with Gasteiger partial charge in [0.25, 0.3) is 0 Å². The molecule has 0 spiro atoms. The molecule has 2 rings (SSSR count). The van der Waals surface area contributed by atoms with Crippen LogP contribution in [0.25, 0.3) is 0 Å². The largest absolute Gasteiger partial charge is 0.469 e. The zero-order valence-electron chi connectivity index (χ0n) is 10.4. The molecule has 0 aromatic heterocycles. The van der Waals surface area contributed by atoms with E-state index in [1.165, 1.54) is 7.11 Å². The molecule has 0 atom stereocenters. The molecular weight excluding hydrogens is 252 g/mol. The molecule has 0 saturated carbocycles. The highest BCUT2D eigenvalue weighted by molar-refractivity contribution is 5.89. The number of benzene rings is 1. The molecule has 0 radical (unpaired) electrons. The normalized spacial score (nSPS) is 11.8. The monoisotopic (exact) mass is 266 g/mol. The second-order valence-corrected chi connectivity index (χ2v) is 3.78. The molecule has 0 aliphatic carbocycles. The maximum atomic E-state index is 11.5. The molecule has 0 unspecified atom stereocenters. The molecule has 0 saturated heterocycles. The summed E-state index contributed by atoms with van der Waals surface area (Å²) in [6.45, 7) is 0.396. The van der Waals surface area contributed by atoms with Crippen LogP contribution in [0.15, 0.2) is 18.2 Å². The summed E-state index contributed by atoms with van der Waals surface area (Å²) in [6, 6.07) is 4.69. The number of fused-ring (bicyclic) bond motifs is 1. The minimum absolute atomic E-state index is 0.130. The van der Waals surface area contributed by atoms with Crippen LogP contribution >= 0.6 is 0 Å². The highest BCUT2D eigenvalue weighted by atomic mass is 16.7. The molecule has 1 aliphatic heterocycles. The quantitative estimate of drug-likeness (QED) is 0.797. The van der Waals surface area contributed by atoms with Crippen molar-refractivity contribution in [3.05, 3.63) is 18.2 Å². The first-order valence-electron chi connectivity index (χ1n) is 5.70. The van der Waals surface area contributed by atoms with Crippen molar-refractivity contribution in [2.75, 3.05) is 25.8 Å². The lowest BCUT2D eigenvalue weighted by molar-refractivity contribution is -0.140. The van der Waals surface area contributed by atoms with Crippen molar-refractivity contribution in [3.63, 3.8) is 0 Å². The number of nitrogens with one attached hydrogen (secondary N) is 2. The van der Waals surface area contributed by atoms with Crippen LogP contribution in [-0.4, -0.2) is 32.4 Å². The average molecular weight is 266 g/mol. The van der Waals surface area contributed by atoms with Gasteiger partial charge in [0.2, 0.25) is 6.79 Å². The Bertz CT molecular complexity index is 489. The molecule has 2 amide bonds. The number of carbonyl (C=O) groups is 2. The van der Waals surface area contributed by atoms with Gasteiger partial charge in [0.15, 0.2) is 11.5 Å². The summed E-state index contributed by atoms with van der Waals surface area (Å²) in [5.74, 6) is 0.868. The molecule has 1 aromatic carbocycles. The molecule has 0 bridgehead atoms. The highest BCUT2D eigenvalue weighted by Gasteiger charge is 2.14. The highest BCUT2D eigenvalue weighted by Crippen LogP contribution is 2.34. The van der Waals surface area contributed by atoms with Crippen LogP contribution in [0.1, 0.15) is 6.42 Å². The molecular formula is C12H14N2O5. The summed E-state index contributed by atoms with van der Waals surface area (Å²) in [7, 11) is 1.30. The van der Waals surface area contributed by atoms with Gasteiger partial charge in [0.1, 0.15) is 0 Å². The number of carbonyl (C=O) groups excluding carboxylic acids is 2. The van der Waals surface area contributed by atoms with Gasteiger partial charge in [-0.15, -0.1) is 0 Å². The van der Waals surface area contributed by atoms with Gasteiger partial charge >= 0.3 is 12.0 Å². The molecule has 1 aliphatic rings. The van der Waals surface area contributed by atoms with Gasteiger partial charge in [-0.3, -0.25) is 4.79 Å². The Labute approximate surface area is 109 Å². The smallest absolute Gasteiger partial charge is 0.319 e. The number of rotatable bonds is 4. The Hall–Kier alpha value is -2.44. The van der Waals surface area contributed by atoms with Crippen molar-refractivity contribution < 1.29 is 23.8 Å². The van der Waals surface area contributed by atoms with Crippen LogP contribution in [0.2, 0.25) is 0 Å². The third kappa shape index (κ3) is 3.51. The van der Waals surface area contributed by atoms with Gasteiger partial charge in [-0.1, -0.05) is 0 Å². The van der Waals surface area contributed by atoms with E-state index in [2.05, 4.69) is 15.4 Å². The second kappa shape index (κ2) is 5.94. The summed E-state index contributed by atoms with van der Waals surface area (Å²) in [6.07, 6.45) is 0.130. The SMILES string of the molecule is COC(=O)CCNC(=O)Nc1ccc2c(c1)OCO2. The van der Waals surface area contributed by atoms with Gasteiger partial charge in [0, 0.05) is 18.3 Å². The van der Waals surface area contributed by atoms with Crippen molar-refractivity contribution in [2.24, 2.45) is 0 Å². The first-order chi connectivity index (χ1) is 9.19. The number of ether oxygens (including phenoxy) is 3. The van der Waals surface area contributed by atoms with Crippen LogP contribution < -0.4 is 20.1 Å². The lowest BCUT2D eigenvalue weighted by Gasteiger charge is -2.07. The minimum atomic E-state index is -0.400. The van der Waals surface area contributed by atoms with Crippen LogP contribution in [0.4, 0.5) is 10.5 Å². The average Bonchev–Trinajstić information content (AvgIpc) is 2.85. The van der Waals surface area contributed by atoms with E-state index in [4.69, 9.17) is 9.47 Å². The molecule has 0 fully saturated rings. The number of anilines is 1. The lowest BCUT2D eigenvalue weighted by Crippen LogP contribution is -2.30. The molecule has 19 heavy (non-hydrogen) atoms. The molecule has 2 N–H and O–H groups in total. The molecule has 1 heterocycles. The fourth-order valence-electron chi connectivity index (χ4n) is 1.53. The summed E-state index contributed by atoms with van der Waals surface area (Å²) in [5.41, 5.74) is 0.583. The summed E-state index contributed by atoms with van der Waals surface area (Å²) < 4.78 is 14.8. The van der Waals surface area contributed by atoms with E-state index in [1.54, 1.807) is 18.2 Å². The summed E-state index contributed by atoms with van der Waals surface area (Å²) >= 11 is 0. The predicted octanol–water partition coefficient (Wildman–Crippen LogP) is 1.10. The van der Waals surface area contributed by atoms with Gasteiger partial charge in [-0.25, -0.2) is 4.79 Å². The Morgan fingerprint density at radius 2 is 2.11 bits per heavy atom. The van der Waals surface area contributed by atoms with E-state index in [0.717, 1.165) is 0 Å². The summed E-state index contributed by atoms with van der Waals surface area (Å²) in [5, 5.41) is 5.17. The maximum Gasteiger partial charge on any atom is 0.319 e. The number of esters is 1. The van der Waals surface area contributed by atoms with E-state index in [-0.39, 0.29) is 25.7 Å². The fraction of sp³-hybridized carbons (Fsp3) is 0.333. The molecule has 1 aromatic rings. The third-order valence-electron chi connectivity index (χ3n) is 2.47. The van der Waals surface area contributed by atoms with Crippen LogP contribution in [-0.2, 0) is 9.53 Å². The first-order valence-corrected chi connectivity index (χ1v) is 5.70. The zero-order chi connectivity index (χ0) is 13.7. The molecule has 7 nitrogen and oxygen atoms in total. The van der Waals surface area contributed by atoms with E-state index in [1.807, 2.05) is 0 Å². The Kier molecular flexibility index (Phi) is 4.07. The van der Waals surface area contributed by atoms with Crippen LogP contribution in [0.3, 0.4) is 0 Å². The predicted molar refractivity (Wildman–Crippen MR) is 66.2 cm³/mol. The van der Waals surface area contributed by atoms with Crippen molar-refractivity contribution in [3.8, 4) is 11.5 Å². The van der Waals surface area contributed by atoms with Crippen molar-refractivity contribution in [1.82, 2.24) is 5.32 Å². The van der Waals surface area contributed by atoms with Gasteiger partial charge in [0.05, 0.1) is 13.5 Å². The van der Waals surface area contributed by atoms with Gasteiger partial charge < -0.3 is 24.8 Å². The standard InChI is InChI=1S/C12H14N2O5/c1-17-11(15)4-5-13-12(16)14-8-2-3-9-10(6-8)19-7-18-9/h2-3,6H,4-5,7H2,1H3,(H2,13,14,16). The lowest BCUT2D eigenvalue weighted by atomic mass is 10.3. The number of methoxy groups -OCH3 is 1. The molecule has 102 valence electrons. The van der Waals surface area contributed by atoms with Crippen LogP contribution in [0, 0.1) is 0 Å². The maximum absolute atomic E-state index is 11.5. The number of amides is 2. The Morgan fingerprint density at radius 1 is 1.32 bits per heavy atom. The van der Waals surface area contributed by atoms with E-state index in [9.17, 15) is 9.59 Å². The third-order valence-corrected chi connectivity index (χ3v) is 2.47. The molecule has 7 heteroatoms. The van der Waals surface area contributed by atoms with Crippen molar-refractivity contribution in [2.45, 2.75) is 6.42 Å². The Balaban J connectivity index is 1.80. The van der Waals surface area contributed by atoms with E-state index >= 15 is 0 Å². The topological polar surface area (TPSA) is 85.9 Å². The van der Waals surface area contributed by atoms with Crippen molar-refractivity contribution in [1.29, 1.82) is 0 Å².